The summed E-state index contributed by atoms with van der Waals surface area (Å²) >= 11 is 0. The Labute approximate surface area is 153 Å². The molecule has 2 aromatic carbocycles. The van der Waals surface area contributed by atoms with E-state index in [9.17, 15) is 21.2 Å². The summed E-state index contributed by atoms with van der Waals surface area (Å²) in [7, 11) is -7.73. The van der Waals surface area contributed by atoms with E-state index in [-0.39, 0.29) is 21.8 Å². The second kappa shape index (κ2) is 6.88. The van der Waals surface area contributed by atoms with E-state index < -0.39 is 25.9 Å². The van der Waals surface area contributed by atoms with Crippen LogP contribution in [0.5, 0.6) is 0 Å². The zero-order valence-corrected chi connectivity index (χ0v) is 16.8. The summed E-state index contributed by atoms with van der Waals surface area (Å²) in [5.74, 6) is -0.698. The molecule has 9 heteroatoms. The van der Waals surface area contributed by atoms with Crippen LogP contribution in [0.15, 0.2) is 29.2 Å². The highest BCUT2D eigenvalue weighted by atomic mass is 32.2. The maximum atomic E-state index is 14.0. The van der Waals surface area contributed by atoms with E-state index in [0.29, 0.717) is 16.7 Å². The third kappa shape index (κ3) is 4.34. The summed E-state index contributed by atoms with van der Waals surface area (Å²) in [5.41, 5.74) is 1.99. The molecule has 0 aliphatic heterocycles. The van der Waals surface area contributed by atoms with Gasteiger partial charge in [0, 0.05) is 0 Å². The maximum absolute atomic E-state index is 14.0. The van der Waals surface area contributed by atoms with Crippen LogP contribution in [0.2, 0.25) is 0 Å². The van der Waals surface area contributed by atoms with Crippen molar-refractivity contribution in [2.45, 2.75) is 32.6 Å². The maximum Gasteiger partial charge on any atom is 0.262 e. The Hall–Kier alpha value is -2.13. The number of benzene rings is 2. The lowest BCUT2D eigenvalue weighted by Crippen LogP contribution is -2.19. The van der Waals surface area contributed by atoms with Gasteiger partial charge in [0.2, 0.25) is 10.0 Å². The molecule has 142 valence electrons. The van der Waals surface area contributed by atoms with Crippen LogP contribution in [-0.2, 0) is 20.0 Å². The standard InChI is InChI=1S/C17H21FN2O4S2/c1-10-6-7-14(18)15(8-10)19-26(23,24)17-12(3)9-11(2)16(13(17)4)20-25(5,21)22/h6-9,19-20H,1-5H3. The summed E-state index contributed by atoms with van der Waals surface area (Å²) in [5, 5.41) is 0. The average molecular weight is 400 g/mol. The van der Waals surface area contributed by atoms with Gasteiger partial charge in [-0.1, -0.05) is 12.1 Å². The molecule has 0 saturated heterocycles. The zero-order chi connectivity index (χ0) is 19.9. The van der Waals surface area contributed by atoms with Gasteiger partial charge in [-0.25, -0.2) is 21.2 Å². The number of rotatable bonds is 5. The number of anilines is 2. The van der Waals surface area contributed by atoms with Crippen molar-refractivity contribution in [3.05, 3.63) is 52.3 Å². The molecule has 0 radical (unpaired) electrons. The van der Waals surface area contributed by atoms with Crippen molar-refractivity contribution < 1.29 is 21.2 Å². The van der Waals surface area contributed by atoms with Crippen LogP contribution >= 0.6 is 0 Å². The molecule has 26 heavy (non-hydrogen) atoms. The Bertz CT molecular complexity index is 1080. The molecular formula is C17H21FN2O4S2. The van der Waals surface area contributed by atoms with Gasteiger partial charge in [0.25, 0.3) is 10.0 Å². The normalized spacial score (nSPS) is 12.1. The first-order valence-corrected chi connectivity index (χ1v) is 11.1. The van der Waals surface area contributed by atoms with E-state index in [1.165, 1.54) is 25.1 Å². The molecule has 0 atom stereocenters. The predicted molar refractivity (Wildman–Crippen MR) is 101 cm³/mol. The third-order valence-electron chi connectivity index (χ3n) is 3.82. The number of hydrogen-bond donors (Lipinski definition) is 2. The molecule has 0 saturated carbocycles. The largest absolute Gasteiger partial charge is 0.283 e. The number of nitrogens with one attached hydrogen (secondary N) is 2. The summed E-state index contributed by atoms with van der Waals surface area (Å²) < 4.78 is 67.5. The summed E-state index contributed by atoms with van der Waals surface area (Å²) in [4.78, 5) is -0.0878. The Morgan fingerprint density at radius 2 is 1.50 bits per heavy atom. The van der Waals surface area contributed by atoms with Crippen LogP contribution in [0, 0.1) is 33.5 Å². The van der Waals surface area contributed by atoms with Gasteiger partial charge in [0.1, 0.15) is 5.82 Å². The van der Waals surface area contributed by atoms with Crippen LogP contribution < -0.4 is 9.44 Å². The molecule has 0 aromatic heterocycles. The van der Waals surface area contributed by atoms with Crippen LogP contribution in [0.1, 0.15) is 22.3 Å². The molecule has 0 unspecified atom stereocenters. The Morgan fingerprint density at radius 3 is 2.08 bits per heavy atom. The van der Waals surface area contributed by atoms with Crippen LogP contribution in [0.4, 0.5) is 15.8 Å². The number of sulfonamides is 2. The zero-order valence-electron chi connectivity index (χ0n) is 15.1. The minimum absolute atomic E-state index is 0.0878. The summed E-state index contributed by atoms with van der Waals surface area (Å²) in [6, 6.07) is 5.67. The van der Waals surface area contributed by atoms with E-state index in [1.807, 2.05) is 0 Å². The lowest BCUT2D eigenvalue weighted by Gasteiger charge is -2.19. The third-order valence-corrected chi connectivity index (χ3v) is 6.05. The molecule has 0 aliphatic carbocycles. The second-order valence-corrected chi connectivity index (χ2v) is 9.67. The van der Waals surface area contributed by atoms with Gasteiger partial charge in [0.05, 0.1) is 22.5 Å². The molecule has 0 aliphatic rings. The van der Waals surface area contributed by atoms with Crippen LogP contribution in [0.25, 0.3) is 0 Å². The van der Waals surface area contributed by atoms with Gasteiger partial charge in [-0.05, 0) is 62.1 Å². The van der Waals surface area contributed by atoms with Gasteiger partial charge in [-0.15, -0.1) is 0 Å². The fraction of sp³-hybridized carbons (Fsp3) is 0.294. The minimum atomic E-state index is -4.13. The Morgan fingerprint density at radius 1 is 0.885 bits per heavy atom. The number of aryl methyl sites for hydroxylation is 3. The lowest BCUT2D eigenvalue weighted by atomic mass is 10.1. The first-order chi connectivity index (χ1) is 11.8. The average Bonchev–Trinajstić information content (AvgIpc) is 2.45. The fourth-order valence-electron chi connectivity index (χ4n) is 2.84. The van der Waals surface area contributed by atoms with E-state index in [2.05, 4.69) is 9.44 Å². The number of halogens is 1. The quantitative estimate of drug-likeness (QED) is 0.806. The highest BCUT2D eigenvalue weighted by molar-refractivity contribution is 7.93. The summed E-state index contributed by atoms with van der Waals surface area (Å²) in [6.45, 7) is 6.51. The highest BCUT2D eigenvalue weighted by Crippen LogP contribution is 2.32. The molecule has 2 rings (SSSR count). The van der Waals surface area contributed by atoms with Crippen molar-refractivity contribution in [2.75, 3.05) is 15.7 Å². The van der Waals surface area contributed by atoms with Gasteiger partial charge in [0.15, 0.2) is 0 Å². The molecule has 2 aromatic rings. The number of hydrogen-bond acceptors (Lipinski definition) is 4. The molecule has 0 fully saturated rings. The van der Waals surface area contributed by atoms with Crippen LogP contribution in [-0.4, -0.2) is 23.1 Å². The minimum Gasteiger partial charge on any atom is -0.283 e. The molecule has 0 bridgehead atoms. The van der Waals surface area contributed by atoms with Crippen molar-refractivity contribution in [2.24, 2.45) is 0 Å². The van der Waals surface area contributed by atoms with Crippen molar-refractivity contribution in [1.82, 2.24) is 0 Å². The van der Waals surface area contributed by atoms with Crippen LogP contribution in [0.3, 0.4) is 0 Å². The van der Waals surface area contributed by atoms with Crippen molar-refractivity contribution in [3.8, 4) is 0 Å². The predicted octanol–water partition coefficient (Wildman–Crippen LogP) is 3.23. The monoisotopic (exact) mass is 400 g/mol. The molecular weight excluding hydrogens is 379 g/mol. The molecule has 6 nitrogen and oxygen atoms in total. The topological polar surface area (TPSA) is 92.3 Å². The first kappa shape index (κ1) is 20.2. The van der Waals surface area contributed by atoms with Gasteiger partial charge < -0.3 is 0 Å². The summed E-state index contributed by atoms with van der Waals surface area (Å²) in [6.07, 6.45) is 0.986. The van der Waals surface area contributed by atoms with Gasteiger partial charge in [-0.2, -0.15) is 0 Å². The van der Waals surface area contributed by atoms with E-state index in [4.69, 9.17) is 0 Å². The second-order valence-electron chi connectivity index (χ2n) is 6.30. The smallest absolute Gasteiger partial charge is 0.262 e. The van der Waals surface area contributed by atoms with Crippen molar-refractivity contribution in [3.63, 3.8) is 0 Å². The van der Waals surface area contributed by atoms with E-state index >= 15 is 0 Å². The Balaban J connectivity index is 2.62. The highest BCUT2D eigenvalue weighted by Gasteiger charge is 2.25. The van der Waals surface area contributed by atoms with E-state index in [1.54, 1.807) is 26.8 Å². The molecule has 0 spiro atoms. The lowest BCUT2D eigenvalue weighted by molar-refractivity contribution is 0.596. The first-order valence-electron chi connectivity index (χ1n) is 7.69. The molecule has 0 heterocycles. The van der Waals surface area contributed by atoms with Crippen molar-refractivity contribution >= 4 is 31.4 Å². The fourth-order valence-corrected chi connectivity index (χ4v) is 5.06. The van der Waals surface area contributed by atoms with E-state index in [0.717, 1.165) is 6.26 Å². The Kier molecular flexibility index (Phi) is 5.34. The van der Waals surface area contributed by atoms with Gasteiger partial charge >= 0.3 is 0 Å². The molecule has 0 amide bonds. The molecule has 2 N–H and O–H groups in total. The van der Waals surface area contributed by atoms with Gasteiger partial charge in [-0.3, -0.25) is 9.44 Å². The van der Waals surface area contributed by atoms with Crippen molar-refractivity contribution in [1.29, 1.82) is 0 Å². The SMILES string of the molecule is Cc1ccc(F)c(NS(=O)(=O)c2c(C)cc(C)c(NS(C)(=O)=O)c2C)c1.